The normalized spacial score (nSPS) is 10.3. The SMILES string of the molecule is COC(=O)Cc1ccccc1CNCCCSC. The van der Waals surface area contributed by atoms with Crippen molar-refractivity contribution in [2.45, 2.75) is 19.4 Å². The predicted octanol–water partition coefficient (Wildman–Crippen LogP) is 2.24. The second-order valence-corrected chi connectivity index (χ2v) is 5.03. The molecule has 0 amide bonds. The van der Waals surface area contributed by atoms with E-state index in [1.165, 1.54) is 24.8 Å². The maximum Gasteiger partial charge on any atom is 0.309 e. The number of carbonyl (C=O) groups excluding carboxylic acids is 1. The zero-order valence-corrected chi connectivity index (χ0v) is 11.9. The molecule has 1 rings (SSSR count). The van der Waals surface area contributed by atoms with Crippen molar-refractivity contribution >= 4 is 17.7 Å². The van der Waals surface area contributed by atoms with Gasteiger partial charge in [0.15, 0.2) is 0 Å². The van der Waals surface area contributed by atoms with Gasteiger partial charge in [-0.05, 0) is 36.1 Å². The first kappa shape index (κ1) is 15.1. The Kier molecular flexibility index (Phi) is 7.53. The number of nitrogens with one attached hydrogen (secondary N) is 1. The molecule has 0 saturated carbocycles. The summed E-state index contributed by atoms with van der Waals surface area (Å²) in [5, 5.41) is 3.40. The van der Waals surface area contributed by atoms with Crippen LogP contribution in [-0.2, 0) is 22.5 Å². The van der Waals surface area contributed by atoms with Gasteiger partial charge in [0.25, 0.3) is 0 Å². The van der Waals surface area contributed by atoms with Gasteiger partial charge < -0.3 is 10.1 Å². The average Bonchev–Trinajstić information content (AvgIpc) is 2.40. The molecule has 0 bridgehead atoms. The average molecular weight is 267 g/mol. The zero-order chi connectivity index (χ0) is 13.2. The van der Waals surface area contributed by atoms with E-state index in [4.69, 9.17) is 4.74 Å². The van der Waals surface area contributed by atoms with Crippen LogP contribution in [0.1, 0.15) is 17.5 Å². The molecule has 0 aliphatic carbocycles. The highest BCUT2D eigenvalue weighted by atomic mass is 32.2. The number of ether oxygens (including phenoxy) is 1. The van der Waals surface area contributed by atoms with Gasteiger partial charge in [-0.15, -0.1) is 0 Å². The van der Waals surface area contributed by atoms with E-state index in [2.05, 4.69) is 17.6 Å². The van der Waals surface area contributed by atoms with E-state index in [9.17, 15) is 4.79 Å². The molecule has 100 valence electrons. The first-order chi connectivity index (χ1) is 8.77. The van der Waals surface area contributed by atoms with Crippen molar-refractivity contribution in [3.05, 3.63) is 35.4 Å². The van der Waals surface area contributed by atoms with Crippen LogP contribution >= 0.6 is 11.8 Å². The van der Waals surface area contributed by atoms with E-state index in [1.54, 1.807) is 0 Å². The summed E-state index contributed by atoms with van der Waals surface area (Å²) in [6, 6.07) is 7.99. The maximum absolute atomic E-state index is 11.3. The van der Waals surface area contributed by atoms with Gasteiger partial charge in [-0.1, -0.05) is 24.3 Å². The fraction of sp³-hybridized carbons (Fsp3) is 0.500. The highest BCUT2D eigenvalue weighted by Crippen LogP contribution is 2.10. The topological polar surface area (TPSA) is 38.3 Å². The molecule has 1 aromatic carbocycles. The second-order valence-electron chi connectivity index (χ2n) is 4.04. The molecule has 0 radical (unpaired) electrons. The van der Waals surface area contributed by atoms with Gasteiger partial charge in [-0.3, -0.25) is 4.79 Å². The molecular formula is C14H21NO2S. The van der Waals surface area contributed by atoms with Crippen molar-refractivity contribution < 1.29 is 9.53 Å². The Hall–Kier alpha value is -1.00. The maximum atomic E-state index is 11.3. The summed E-state index contributed by atoms with van der Waals surface area (Å²) in [7, 11) is 1.42. The van der Waals surface area contributed by atoms with Crippen LogP contribution in [0.2, 0.25) is 0 Å². The largest absolute Gasteiger partial charge is 0.469 e. The Bertz CT molecular complexity index is 369. The standard InChI is InChI=1S/C14H21NO2S/c1-17-14(16)10-12-6-3-4-7-13(12)11-15-8-5-9-18-2/h3-4,6-7,15H,5,8-11H2,1-2H3. The van der Waals surface area contributed by atoms with Crippen molar-refractivity contribution in [3.8, 4) is 0 Å². The number of hydrogen-bond acceptors (Lipinski definition) is 4. The molecule has 0 saturated heterocycles. The fourth-order valence-electron chi connectivity index (χ4n) is 1.69. The van der Waals surface area contributed by atoms with Crippen molar-refractivity contribution in [3.63, 3.8) is 0 Å². The summed E-state index contributed by atoms with van der Waals surface area (Å²) in [5.74, 6) is 0.987. The van der Waals surface area contributed by atoms with Crippen LogP contribution in [0, 0.1) is 0 Å². The molecule has 0 atom stereocenters. The molecule has 1 N–H and O–H groups in total. The summed E-state index contributed by atoms with van der Waals surface area (Å²) in [5.41, 5.74) is 2.22. The Balaban J connectivity index is 2.46. The lowest BCUT2D eigenvalue weighted by molar-refractivity contribution is -0.139. The van der Waals surface area contributed by atoms with E-state index in [0.29, 0.717) is 6.42 Å². The number of hydrogen-bond donors (Lipinski definition) is 1. The molecule has 0 aliphatic rings. The van der Waals surface area contributed by atoms with E-state index in [-0.39, 0.29) is 5.97 Å². The third-order valence-electron chi connectivity index (χ3n) is 2.70. The van der Waals surface area contributed by atoms with Crippen molar-refractivity contribution in [2.75, 3.05) is 25.7 Å². The molecule has 0 aromatic heterocycles. The minimum atomic E-state index is -0.190. The lowest BCUT2D eigenvalue weighted by atomic mass is 10.0. The molecule has 0 fully saturated rings. The summed E-state index contributed by atoms with van der Waals surface area (Å²) in [4.78, 5) is 11.3. The van der Waals surface area contributed by atoms with Gasteiger partial charge >= 0.3 is 5.97 Å². The molecule has 0 unspecified atom stereocenters. The molecule has 0 heterocycles. The van der Waals surface area contributed by atoms with E-state index in [1.807, 2.05) is 30.0 Å². The fourth-order valence-corrected chi connectivity index (χ4v) is 2.13. The Morgan fingerprint density at radius 3 is 2.72 bits per heavy atom. The number of esters is 1. The van der Waals surface area contributed by atoms with Gasteiger partial charge in [0.1, 0.15) is 0 Å². The number of methoxy groups -OCH3 is 1. The molecular weight excluding hydrogens is 246 g/mol. The summed E-state index contributed by atoms with van der Waals surface area (Å²) < 4.78 is 4.70. The minimum Gasteiger partial charge on any atom is -0.469 e. The van der Waals surface area contributed by atoms with Crippen LogP contribution in [-0.4, -0.2) is 31.6 Å². The second kappa shape index (κ2) is 9.00. The Labute approximate surface area is 113 Å². The van der Waals surface area contributed by atoms with Gasteiger partial charge in [-0.25, -0.2) is 0 Å². The van der Waals surface area contributed by atoms with Crippen LogP contribution in [0.15, 0.2) is 24.3 Å². The first-order valence-electron chi connectivity index (χ1n) is 6.11. The monoisotopic (exact) mass is 267 g/mol. The van der Waals surface area contributed by atoms with Crippen molar-refractivity contribution in [2.24, 2.45) is 0 Å². The first-order valence-corrected chi connectivity index (χ1v) is 7.50. The van der Waals surface area contributed by atoms with Crippen LogP contribution in [0.25, 0.3) is 0 Å². The molecule has 4 heteroatoms. The lowest BCUT2D eigenvalue weighted by Crippen LogP contribution is -2.17. The van der Waals surface area contributed by atoms with Crippen LogP contribution < -0.4 is 5.32 Å². The molecule has 1 aromatic rings. The zero-order valence-electron chi connectivity index (χ0n) is 11.1. The Morgan fingerprint density at radius 2 is 2.06 bits per heavy atom. The number of rotatable bonds is 8. The highest BCUT2D eigenvalue weighted by molar-refractivity contribution is 7.98. The van der Waals surface area contributed by atoms with Crippen LogP contribution in [0.3, 0.4) is 0 Å². The Morgan fingerprint density at radius 1 is 1.33 bits per heavy atom. The highest BCUT2D eigenvalue weighted by Gasteiger charge is 2.06. The summed E-state index contributed by atoms with van der Waals surface area (Å²) in [6.07, 6.45) is 3.63. The minimum absolute atomic E-state index is 0.190. The van der Waals surface area contributed by atoms with E-state index >= 15 is 0 Å². The summed E-state index contributed by atoms with van der Waals surface area (Å²) >= 11 is 1.86. The third-order valence-corrected chi connectivity index (χ3v) is 3.40. The van der Waals surface area contributed by atoms with E-state index in [0.717, 1.165) is 18.7 Å². The smallest absolute Gasteiger partial charge is 0.309 e. The van der Waals surface area contributed by atoms with Gasteiger partial charge in [-0.2, -0.15) is 11.8 Å². The van der Waals surface area contributed by atoms with E-state index < -0.39 is 0 Å². The van der Waals surface area contributed by atoms with Crippen LogP contribution in [0.4, 0.5) is 0 Å². The number of benzene rings is 1. The third kappa shape index (κ3) is 5.56. The quantitative estimate of drug-likeness (QED) is 0.579. The molecule has 3 nitrogen and oxygen atoms in total. The summed E-state index contributed by atoms with van der Waals surface area (Å²) in [6.45, 7) is 1.81. The molecule has 0 spiro atoms. The molecule has 18 heavy (non-hydrogen) atoms. The number of carbonyl (C=O) groups is 1. The van der Waals surface area contributed by atoms with Gasteiger partial charge in [0.2, 0.25) is 0 Å². The van der Waals surface area contributed by atoms with Crippen molar-refractivity contribution in [1.29, 1.82) is 0 Å². The molecule has 0 aliphatic heterocycles. The van der Waals surface area contributed by atoms with Gasteiger partial charge in [0, 0.05) is 6.54 Å². The van der Waals surface area contributed by atoms with Crippen LogP contribution in [0.5, 0.6) is 0 Å². The predicted molar refractivity (Wildman–Crippen MR) is 76.9 cm³/mol. The van der Waals surface area contributed by atoms with Gasteiger partial charge in [0.05, 0.1) is 13.5 Å². The lowest BCUT2D eigenvalue weighted by Gasteiger charge is -2.09. The number of thioether (sulfide) groups is 1. The van der Waals surface area contributed by atoms with Crippen molar-refractivity contribution in [1.82, 2.24) is 5.32 Å².